The van der Waals surface area contributed by atoms with Gasteiger partial charge in [0.25, 0.3) is 0 Å². The first-order valence-electron chi connectivity index (χ1n) is 6.37. The summed E-state index contributed by atoms with van der Waals surface area (Å²) in [7, 11) is 0. The Kier molecular flexibility index (Phi) is 3.20. The minimum atomic E-state index is -0.420. The molecule has 0 atom stereocenters. The van der Waals surface area contributed by atoms with Crippen molar-refractivity contribution < 1.29 is 19.7 Å². The van der Waals surface area contributed by atoms with Gasteiger partial charge in [0.15, 0.2) is 17.3 Å². The van der Waals surface area contributed by atoms with Gasteiger partial charge in [-0.25, -0.2) is 0 Å². The molecule has 0 amide bonds. The number of rotatable bonds is 2. The predicted octanol–water partition coefficient (Wildman–Crippen LogP) is 3.27. The number of hydrogen-bond acceptors (Lipinski definition) is 4. The molecule has 4 nitrogen and oxygen atoms in total. The highest BCUT2D eigenvalue weighted by Gasteiger charge is 2.30. The molecule has 21 heavy (non-hydrogen) atoms. The fourth-order valence-corrected chi connectivity index (χ4v) is 2.05. The molecule has 0 bridgehead atoms. The van der Waals surface area contributed by atoms with Crippen LogP contribution in [0.4, 0.5) is 0 Å². The molecule has 0 saturated carbocycles. The quantitative estimate of drug-likeness (QED) is 0.654. The molecule has 0 unspecified atom stereocenters. The molecule has 2 N–H and O–H groups in total. The molecular weight excluding hydrogens is 268 g/mol. The Balaban J connectivity index is 1.86. The molecule has 3 rings (SSSR count). The zero-order valence-corrected chi connectivity index (χ0v) is 11.0. The summed E-state index contributed by atoms with van der Waals surface area (Å²) in [4.78, 5) is 12.1. The van der Waals surface area contributed by atoms with Gasteiger partial charge >= 0.3 is 0 Å². The van der Waals surface area contributed by atoms with Gasteiger partial charge < -0.3 is 14.9 Å². The van der Waals surface area contributed by atoms with E-state index in [-0.39, 0.29) is 28.6 Å². The Morgan fingerprint density at radius 3 is 2.52 bits per heavy atom. The van der Waals surface area contributed by atoms with Crippen LogP contribution in [0.5, 0.6) is 17.2 Å². The summed E-state index contributed by atoms with van der Waals surface area (Å²) >= 11 is 0. The summed E-state index contributed by atoms with van der Waals surface area (Å²) < 4.78 is 5.32. The molecule has 0 spiro atoms. The lowest BCUT2D eigenvalue weighted by Gasteiger charge is -2.01. The lowest BCUT2D eigenvalue weighted by atomic mass is 10.1. The smallest absolute Gasteiger partial charge is 0.232 e. The van der Waals surface area contributed by atoms with Gasteiger partial charge in [-0.05, 0) is 23.8 Å². The predicted molar refractivity (Wildman–Crippen MR) is 78.3 cm³/mol. The number of hydrogen-bond donors (Lipinski definition) is 2. The lowest BCUT2D eigenvalue weighted by molar-refractivity contribution is 0.101. The Hall–Kier alpha value is -3.01. The highest BCUT2D eigenvalue weighted by Crippen LogP contribution is 2.43. The van der Waals surface area contributed by atoms with Gasteiger partial charge in [-0.15, -0.1) is 0 Å². The highest BCUT2D eigenvalue weighted by molar-refractivity contribution is 6.13. The van der Waals surface area contributed by atoms with E-state index in [0.717, 1.165) is 5.56 Å². The van der Waals surface area contributed by atoms with Crippen LogP contribution in [0.3, 0.4) is 0 Å². The van der Waals surface area contributed by atoms with E-state index in [0.29, 0.717) is 0 Å². The van der Waals surface area contributed by atoms with Crippen molar-refractivity contribution in [3.8, 4) is 17.2 Å². The van der Waals surface area contributed by atoms with Crippen LogP contribution in [0, 0.1) is 0 Å². The molecule has 0 radical (unpaired) electrons. The van der Waals surface area contributed by atoms with Crippen molar-refractivity contribution in [2.24, 2.45) is 0 Å². The van der Waals surface area contributed by atoms with E-state index in [1.807, 2.05) is 36.4 Å². The molecule has 0 aromatic heterocycles. The molecule has 1 aliphatic rings. The molecule has 104 valence electrons. The Morgan fingerprint density at radius 1 is 1.00 bits per heavy atom. The van der Waals surface area contributed by atoms with Crippen molar-refractivity contribution in [1.29, 1.82) is 0 Å². The van der Waals surface area contributed by atoms with Gasteiger partial charge in [0.2, 0.25) is 11.5 Å². The van der Waals surface area contributed by atoms with Crippen LogP contribution in [0.2, 0.25) is 0 Å². The normalized spacial score (nSPS) is 15.4. The molecule has 4 heteroatoms. The third-order valence-corrected chi connectivity index (χ3v) is 3.13. The van der Waals surface area contributed by atoms with Crippen LogP contribution in [-0.2, 0) is 0 Å². The van der Waals surface area contributed by atoms with Gasteiger partial charge in [0.05, 0.1) is 5.56 Å². The lowest BCUT2D eigenvalue weighted by Crippen LogP contribution is -1.97. The average molecular weight is 280 g/mol. The van der Waals surface area contributed by atoms with Crippen molar-refractivity contribution in [2.45, 2.75) is 0 Å². The number of phenolic OH excluding ortho intramolecular Hbond substituents is 2. The second-order valence-corrected chi connectivity index (χ2v) is 4.54. The van der Waals surface area contributed by atoms with Crippen molar-refractivity contribution in [2.75, 3.05) is 0 Å². The Morgan fingerprint density at radius 2 is 1.76 bits per heavy atom. The van der Waals surface area contributed by atoms with Gasteiger partial charge in [-0.2, -0.15) is 0 Å². The molecular formula is C17H12O4. The molecule has 1 aliphatic heterocycles. The molecule has 2 aromatic carbocycles. The number of benzene rings is 2. The zero-order valence-electron chi connectivity index (χ0n) is 11.0. The first-order chi connectivity index (χ1) is 10.2. The van der Waals surface area contributed by atoms with Crippen molar-refractivity contribution >= 4 is 11.9 Å². The van der Waals surface area contributed by atoms with E-state index in [4.69, 9.17) is 4.74 Å². The molecule has 1 heterocycles. The maximum Gasteiger partial charge on any atom is 0.232 e. The van der Waals surface area contributed by atoms with Crippen LogP contribution in [0.1, 0.15) is 15.9 Å². The Labute approximate surface area is 121 Å². The number of ketones is 1. The van der Waals surface area contributed by atoms with Gasteiger partial charge in [-0.1, -0.05) is 42.5 Å². The second kappa shape index (κ2) is 5.17. The summed E-state index contributed by atoms with van der Waals surface area (Å²) in [5, 5.41) is 19.1. The summed E-state index contributed by atoms with van der Waals surface area (Å²) in [6, 6.07) is 12.3. The van der Waals surface area contributed by atoms with E-state index < -0.39 is 5.75 Å². The first kappa shape index (κ1) is 13.0. The number of allylic oxidation sites excluding steroid dienone is 3. The minimum Gasteiger partial charge on any atom is -0.504 e. The fraction of sp³-hybridized carbons (Fsp3) is 0. The van der Waals surface area contributed by atoms with Crippen LogP contribution in [0.15, 0.2) is 60.4 Å². The summed E-state index contributed by atoms with van der Waals surface area (Å²) in [5.74, 6) is -0.950. The van der Waals surface area contributed by atoms with Crippen molar-refractivity contribution in [3.05, 3.63) is 71.5 Å². The largest absolute Gasteiger partial charge is 0.504 e. The van der Waals surface area contributed by atoms with Crippen LogP contribution >= 0.6 is 0 Å². The SMILES string of the molecule is O=C1C(=CC=Cc2ccccc2)Oc2c1ccc(O)c2O. The number of fused-ring (bicyclic) bond motifs is 1. The van der Waals surface area contributed by atoms with E-state index >= 15 is 0 Å². The molecule has 0 fully saturated rings. The standard InChI is InChI=1S/C17H12O4/c18-13-10-9-12-15(19)14(21-17(12)16(13)20)8-4-7-11-5-2-1-3-6-11/h1-10,18,20H. The topological polar surface area (TPSA) is 66.8 Å². The van der Waals surface area contributed by atoms with E-state index in [2.05, 4.69) is 0 Å². The molecule has 2 aromatic rings. The molecule has 0 aliphatic carbocycles. The second-order valence-electron chi connectivity index (χ2n) is 4.54. The maximum atomic E-state index is 12.1. The Bertz CT molecular complexity index is 758. The monoisotopic (exact) mass is 280 g/mol. The fourth-order valence-electron chi connectivity index (χ4n) is 2.05. The van der Waals surface area contributed by atoms with Crippen LogP contribution < -0.4 is 4.74 Å². The van der Waals surface area contributed by atoms with Gasteiger partial charge in [-0.3, -0.25) is 4.79 Å². The highest BCUT2D eigenvalue weighted by atomic mass is 16.5. The van der Waals surface area contributed by atoms with Crippen molar-refractivity contribution in [1.82, 2.24) is 0 Å². The van der Waals surface area contributed by atoms with Crippen LogP contribution in [-0.4, -0.2) is 16.0 Å². The third kappa shape index (κ3) is 2.39. The van der Waals surface area contributed by atoms with E-state index in [1.54, 1.807) is 6.08 Å². The summed E-state index contributed by atoms with van der Waals surface area (Å²) in [5.41, 5.74) is 1.24. The third-order valence-electron chi connectivity index (χ3n) is 3.13. The zero-order chi connectivity index (χ0) is 14.8. The number of carbonyl (C=O) groups is 1. The van der Waals surface area contributed by atoms with Gasteiger partial charge in [0, 0.05) is 0 Å². The number of carbonyl (C=O) groups excluding carboxylic acids is 1. The average Bonchev–Trinajstić information content (AvgIpc) is 2.82. The van der Waals surface area contributed by atoms with E-state index in [1.165, 1.54) is 18.2 Å². The van der Waals surface area contributed by atoms with Crippen LogP contribution in [0.25, 0.3) is 6.08 Å². The number of aromatic hydroxyl groups is 2. The maximum absolute atomic E-state index is 12.1. The molecule has 0 saturated heterocycles. The van der Waals surface area contributed by atoms with Gasteiger partial charge in [0.1, 0.15) is 0 Å². The van der Waals surface area contributed by atoms with Crippen molar-refractivity contribution in [3.63, 3.8) is 0 Å². The van der Waals surface area contributed by atoms with E-state index in [9.17, 15) is 15.0 Å². The summed E-state index contributed by atoms with van der Waals surface area (Å²) in [6.45, 7) is 0. The first-order valence-corrected chi connectivity index (χ1v) is 6.37. The minimum absolute atomic E-state index is 0.000592. The number of phenols is 2. The number of ether oxygens (including phenoxy) is 1. The summed E-state index contributed by atoms with van der Waals surface area (Å²) in [6.07, 6.45) is 5.07. The number of Topliss-reactive ketones (excluding diaryl/α,β-unsaturated/α-hetero) is 1.